The molecule has 1 saturated heterocycles. The van der Waals surface area contributed by atoms with E-state index in [4.69, 9.17) is 0 Å². The number of nitrogens with one attached hydrogen (secondary N) is 1. The Morgan fingerprint density at radius 2 is 2.10 bits per heavy atom. The molecule has 20 heavy (non-hydrogen) atoms. The van der Waals surface area contributed by atoms with E-state index >= 15 is 0 Å². The van der Waals surface area contributed by atoms with Gasteiger partial charge in [0, 0.05) is 57.7 Å². The summed E-state index contributed by atoms with van der Waals surface area (Å²) in [5.41, 5.74) is 0.648. The summed E-state index contributed by atoms with van der Waals surface area (Å²) >= 11 is 0. The molecule has 110 valence electrons. The van der Waals surface area contributed by atoms with Crippen LogP contribution in [0.1, 0.15) is 24.2 Å². The highest BCUT2D eigenvalue weighted by atomic mass is 16.2. The number of piperazine rings is 1. The predicted molar refractivity (Wildman–Crippen MR) is 79.7 cm³/mol. The Balaban J connectivity index is 2.00. The summed E-state index contributed by atoms with van der Waals surface area (Å²) in [5.74, 6) is 0.0348. The number of likely N-dealkylation sites (N-methyl/N-ethyl adjacent to an activating group) is 1. The van der Waals surface area contributed by atoms with Crippen molar-refractivity contribution >= 4 is 5.91 Å². The van der Waals surface area contributed by atoms with Gasteiger partial charge < -0.3 is 10.2 Å². The monoisotopic (exact) mass is 276 g/mol. The Bertz CT molecular complexity index is 431. The Labute approximate surface area is 121 Å². The highest BCUT2D eigenvalue weighted by Gasteiger charge is 2.27. The number of aromatic nitrogens is 1. The van der Waals surface area contributed by atoms with Crippen molar-refractivity contribution in [3.63, 3.8) is 0 Å². The molecule has 0 bridgehead atoms. The van der Waals surface area contributed by atoms with Crippen molar-refractivity contribution in [1.82, 2.24) is 20.1 Å². The molecule has 1 fully saturated rings. The number of carbonyl (C=O) groups is 1. The maximum absolute atomic E-state index is 12.4. The van der Waals surface area contributed by atoms with Gasteiger partial charge in [-0.25, -0.2) is 0 Å². The topological polar surface area (TPSA) is 48.5 Å². The molecule has 1 aliphatic heterocycles. The number of nitrogens with zero attached hydrogens (tertiary/aromatic N) is 3. The van der Waals surface area contributed by atoms with E-state index in [9.17, 15) is 4.79 Å². The van der Waals surface area contributed by atoms with E-state index in [1.165, 1.54) is 0 Å². The lowest BCUT2D eigenvalue weighted by Crippen LogP contribution is -2.54. The van der Waals surface area contributed by atoms with E-state index in [2.05, 4.69) is 29.0 Å². The number of carbonyl (C=O) groups excluding carboxylic acids is 1. The molecular weight excluding hydrogens is 252 g/mol. The first-order chi connectivity index (χ1) is 9.61. The van der Waals surface area contributed by atoms with E-state index in [1.807, 2.05) is 18.0 Å². The molecular formula is C15H24N4O. The molecule has 1 unspecified atom stereocenters. The van der Waals surface area contributed by atoms with Crippen LogP contribution in [0.2, 0.25) is 0 Å². The maximum Gasteiger partial charge on any atom is 0.255 e. The van der Waals surface area contributed by atoms with Crippen LogP contribution in [0, 0.1) is 0 Å². The SMILES string of the molecule is CC([C@@H](C)N(C)C(=O)c1cccnc1)N1CCNCC1. The van der Waals surface area contributed by atoms with Gasteiger partial charge in [0.2, 0.25) is 0 Å². The molecule has 1 aliphatic rings. The summed E-state index contributed by atoms with van der Waals surface area (Å²) in [6.07, 6.45) is 3.31. The van der Waals surface area contributed by atoms with Gasteiger partial charge >= 0.3 is 0 Å². The highest BCUT2D eigenvalue weighted by Crippen LogP contribution is 2.13. The zero-order chi connectivity index (χ0) is 14.5. The molecule has 1 aromatic rings. The fourth-order valence-corrected chi connectivity index (χ4v) is 2.60. The average molecular weight is 276 g/mol. The third-order valence-corrected chi connectivity index (χ3v) is 4.27. The van der Waals surface area contributed by atoms with E-state index < -0.39 is 0 Å². The van der Waals surface area contributed by atoms with Crippen LogP contribution in [0.15, 0.2) is 24.5 Å². The van der Waals surface area contributed by atoms with Crippen LogP contribution < -0.4 is 5.32 Å². The third-order valence-electron chi connectivity index (χ3n) is 4.27. The molecule has 5 nitrogen and oxygen atoms in total. The van der Waals surface area contributed by atoms with Crippen molar-refractivity contribution in [3.05, 3.63) is 30.1 Å². The standard InChI is InChI=1S/C15H24N4O/c1-12(13(2)19-9-7-16-8-10-19)18(3)15(20)14-5-4-6-17-11-14/h4-6,11-13,16H,7-10H2,1-3H3/t12-,13?/m1/s1. The van der Waals surface area contributed by atoms with Crippen molar-refractivity contribution < 1.29 is 4.79 Å². The van der Waals surface area contributed by atoms with E-state index in [-0.39, 0.29) is 11.9 Å². The van der Waals surface area contributed by atoms with Gasteiger partial charge in [-0.15, -0.1) is 0 Å². The first-order valence-electron chi connectivity index (χ1n) is 7.23. The number of hydrogen-bond donors (Lipinski definition) is 1. The van der Waals surface area contributed by atoms with Crippen LogP contribution in [-0.4, -0.2) is 66.0 Å². The third kappa shape index (κ3) is 3.35. The summed E-state index contributed by atoms with van der Waals surface area (Å²) in [6, 6.07) is 4.13. The molecule has 2 atom stereocenters. The maximum atomic E-state index is 12.4. The van der Waals surface area contributed by atoms with Crippen LogP contribution >= 0.6 is 0 Å². The minimum Gasteiger partial charge on any atom is -0.337 e. The average Bonchev–Trinajstić information content (AvgIpc) is 2.53. The number of pyridine rings is 1. The van der Waals surface area contributed by atoms with Gasteiger partial charge in [0.15, 0.2) is 0 Å². The smallest absolute Gasteiger partial charge is 0.255 e. The lowest BCUT2D eigenvalue weighted by atomic mass is 10.1. The van der Waals surface area contributed by atoms with Gasteiger partial charge in [-0.1, -0.05) is 0 Å². The second-order valence-electron chi connectivity index (χ2n) is 5.42. The molecule has 2 heterocycles. The van der Waals surface area contributed by atoms with E-state index in [0.29, 0.717) is 11.6 Å². The molecule has 0 saturated carbocycles. The van der Waals surface area contributed by atoms with Crippen molar-refractivity contribution in [2.45, 2.75) is 25.9 Å². The fraction of sp³-hybridized carbons (Fsp3) is 0.600. The Morgan fingerprint density at radius 3 is 2.70 bits per heavy atom. The van der Waals surface area contributed by atoms with Gasteiger partial charge in [0.05, 0.1) is 5.56 Å². The Kier molecular flexibility index (Phi) is 5.09. The first-order valence-corrected chi connectivity index (χ1v) is 7.23. The van der Waals surface area contributed by atoms with E-state index in [1.54, 1.807) is 18.5 Å². The minimum atomic E-state index is 0.0348. The van der Waals surface area contributed by atoms with Gasteiger partial charge in [0.1, 0.15) is 0 Å². The number of hydrogen-bond acceptors (Lipinski definition) is 4. The van der Waals surface area contributed by atoms with Gasteiger partial charge in [-0.3, -0.25) is 14.7 Å². The van der Waals surface area contributed by atoms with Crippen LogP contribution in [0.4, 0.5) is 0 Å². The van der Waals surface area contributed by atoms with Crippen molar-refractivity contribution in [2.75, 3.05) is 33.2 Å². The van der Waals surface area contributed by atoms with Crippen molar-refractivity contribution in [1.29, 1.82) is 0 Å². The molecule has 5 heteroatoms. The molecule has 0 radical (unpaired) electrons. The lowest BCUT2D eigenvalue weighted by molar-refractivity contribution is 0.0600. The van der Waals surface area contributed by atoms with Crippen LogP contribution in [0.5, 0.6) is 0 Å². The molecule has 2 rings (SSSR count). The molecule has 0 aromatic carbocycles. The lowest BCUT2D eigenvalue weighted by Gasteiger charge is -2.39. The fourth-order valence-electron chi connectivity index (χ4n) is 2.60. The van der Waals surface area contributed by atoms with Gasteiger partial charge in [-0.2, -0.15) is 0 Å². The second-order valence-corrected chi connectivity index (χ2v) is 5.42. The summed E-state index contributed by atoms with van der Waals surface area (Å²) in [7, 11) is 1.87. The van der Waals surface area contributed by atoms with E-state index in [0.717, 1.165) is 26.2 Å². The first kappa shape index (κ1) is 14.9. The predicted octanol–water partition coefficient (Wildman–Crippen LogP) is 0.836. The zero-order valence-electron chi connectivity index (χ0n) is 12.5. The van der Waals surface area contributed by atoms with Gasteiger partial charge in [0.25, 0.3) is 5.91 Å². The summed E-state index contributed by atoms with van der Waals surface area (Å²) < 4.78 is 0. The normalized spacial score (nSPS) is 19.4. The molecule has 0 aliphatic carbocycles. The Hall–Kier alpha value is -1.46. The van der Waals surface area contributed by atoms with Crippen LogP contribution in [-0.2, 0) is 0 Å². The summed E-state index contributed by atoms with van der Waals surface area (Å²) in [5, 5.41) is 3.36. The molecule has 0 spiro atoms. The van der Waals surface area contributed by atoms with Crippen LogP contribution in [0.3, 0.4) is 0 Å². The molecule has 1 aromatic heterocycles. The quantitative estimate of drug-likeness (QED) is 0.885. The molecule has 1 N–H and O–H groups in total. The zero-order valence-corrected chi connectivity index (χ0v) is 12.5. The summed E-state index contributed by atoms with van der Waals surface area (Å²) in [4.78, 5) is 20.7. The van der Waals surface area contributed by atoms with Crippen molar-refractivity contribution in [3.8, 4) is 0 Å². The second kappa shape index (κ2) is 6.81. The molecule has 1 amide bonds. The number of amides is 1. The highest BCUT2D eigenvalue weighted by molar-refractivity contribution is 5.93. The summed E-state index contributed by atoms with van der Waals surface area (Å²) in [6.45, 7) is 8.44. The Morgan fingerprint density at radius 1 is 1.40 bits per heavy atom. The minimum absolute atomic E-state index is 0.0348. The van der Waals surface area contributed by atoms with Gasteiger partial charge in [-0.05, 0) is 26.0 Å². The number of rotatable bonds is 4. The van der Waals surface area contributed by atoms with Crippen molar-refractivity contribution in [2.24, 2.45) is 0 Å². The largest absolute Gasteiger partial charge is 0.337 e. The van der Waals surface area contributed by atoms with Crippen LogP contribution in [0.25, 0.3) is 0 Å².